The molecule has 0 saturated carbocycles. The van der Waals surface area contributed by atoms with Gasteiger partial charge in [0.1, 0.15) is 5.75 Å². The van der Waals surface area contributed by atoms with Crippen LogP contribution in [0.3, 0.4) is 0 Å². The van der Waals surface area contributed by atoms with Crippen LogP contribution in [0.15, 0.2) is 54.6 Å². The van der Waals surface area contributed by atoms with Crippen LogP contribution >= 0.6 is 0 Å². The van der Waals surface area contributed by atoms with Crippen LogP contribution in [0.5, 0.6) is 5.75 Å². The maximum absolute atomic E-state index is 12.2. The van der Waals surface area contributed by atoms with E-state index in [-0.39, 0.29) is 76.2 Å². The molecule has 2 aromatic rings. The first-order valence-electron chi connectivity index (χ1n) is 6.73. The van der Waals surface area contributed by atoms with E-state index in [1.165, 1.54) is 6.07 Å². The number of hydrogen-bond acceptors (Lipinski definition) is 11. The molecule has 0 fully saturated rings. The van der Waals surface area contributed by atoms with Gasteiger partial charge >= 0.3 is 65.6 Å². The number of aliphatic hydroxyl groups excluding tert-OH is 1. The first-order valence-corrected chi connectivity index (χ1v) is 9.40. The summed E-state index contributed by atoms with van der Waals surface area (Å²) in [4.78, 5) is 12.2. The van der Waals surface area contributed by atoms with Crippen molar-refractivity contribution in [1.82, 2.24) is 0 Å². The second kappa shape index (κ2) is 13.8. The first-order chi connectivity index (χ1) is 12.4. The third-order valence-corrected chi connectivity index (χ3v) is 3.90. The minimum atomic E-state index is -5.43. The van der Waals surface area contributed by atoms with Gasteiger partial charge < -0.3 is 24.1 Å². The zero-order valence-electron chi connectivity index (χ0n) is 15.2. The van der Waals surface area contributed by atoms with Gasteiger partial charge in [-0.05, 0) is 12.1 Å². The van der Waals surface area contributed by atoms with Crippen LogP contribution in [0, 0.1) is 0 Å². The van der Waals surface area contributed by atoms with E-state index in [4.69, 9.17) is 14.9 Å². The molecule has 0 aliphatic heterocycles. The van der Waals surface area contributed by atoms with E-state index in [9.17, 15) is 30.7 Å². The summed E-state index contributed by atoms with van der Waals surface area (Å²) < 4.78 is 63.0. The molecule has 2 aromatic carbocycles. The van der Waals surface area contributed by atoms with Crippen molar-refractivity contribution in [2.75, 3.05) is 0 Å². The molecular weight excluding hydrogens is 454 g/mol. The third kappa shape index (κ3) is 13.5. The van der Waals surface area contributed by atoms with Crippen molar-refractivity contribution in [3.05, 3.63) is 65.7 Å². The Hall–Kier alpha value is -0.390. The molecule has 0 atom stereocenters. The summed E-state index contributed by atoms with van der Waals surface area (Å²) in [6, 6.07) is 15.1. The van der Waals surface area contributed by atoms with Gasteiger partial charge in [-0.1, -0.05) is 42.5 Å². The van der Waals surface area contributed by atoms with Crippen molar-refractivity contribution in [2.24, 2.45) is 0 Å². The van der Waals surface area contributed by atoms with Crippen molar-refractivity contribution >= 4 is 26.6 Å². The zero-order chi connectivity index (χ0) is 20.7. The summed E-state index contributed by atoms with van der Waals surface area (Å²) in [5.74, 6) is -0.0896. The molecule has 0 amide bonds. The number of ether oxygens (including phenoxy) is 1. The Kier molecular flexibility index (Phi) is 14.7. The van der Waals surface area contributed by atoms with Crippen molar-refractivity contribution in [1.29, 1.82) is 0 Å². The number of hydrogen-bond donors (Lipinski definition) is 2. The van der Waals surface area contributed by atoms with Gasteiger partial charge in [-0.3, -0.25) is 4.79 Å². The van der Waals surface area contributed by atoms with Gasteiger partial charge in [0.2, 0.25) is 20.8 Å². The summed E-state index contributed by atoms with van der Waals surface area (Å²) in [7, 11) is -10.9. The second-order valence-electron chi connectivity index (χ2n) is 4.52. The van der Waals surface area contributed by atoms with Crippen molar-refractivity contribution < 1.29 is 108 Å². The fraction of sp³-hybridized carbons (Fsp3) is 0.0714. The molecule has 0 aromatic heterocycles. The van der Waals surface area contributed by atoms with Crippen LogP contribution in [-0.4, -0.2) is 48.4 Å². The maximum atomic E-state index is 12.2. The van der Waals surface area contributed by atoms with E-state index in [1.807, 2.05) is 6.07 Å². The van der Waals surface area contributed by atoms with Gasteiger partial charge in [0.05, 0.1) is 5.56 Å². The molecule has 2 rings (SSSR count). The second-order valence-corrected chi connectivity index (χ2v) is 6.70. The van der Waals surface area contributed by atoms with E-state index in [1.54, 1.807) is 42.5 Å². The number of rotatable bonds is 6. The fourth-order valence-corrected chi connectivity index (χ4v) is 2.53. The van der Waals surface area contributed by atoms with Gasteiger partial charge in [-0.15, -0.1) is 0 Å². The molecule has 0 radical (unpaired) electrons. The molecule has 0 unspecified atom stereocenters. The van der Waals surface area contributed by atoms with Crippen LogP contribution in [0.4, 0.5) is 0 Å². The Morgan fingerprint density at radius 3 is 1.69 bits per heavy atom. The quantitative estimate of drug-likeness (QED) is 0.135. The summed E-state index contributed by atoms with van der Waals surface area (Å²) in [5, 5.41) is 17.6. The number of ketones is 1. The monoisotopic (exact) mass is 466 g/mol. The van der Waals surface area contributed by atoms with E-state index in [0.29, 0.717) is 5.56 Å². The van der Waals surface area contributed by atoms with Crippen molar-refractivity contribution in [3.8, 4) is 5.75 Å². The van der Waals surface area contributed by atoms with Gasteiger partial charge in [0, 0.05) is 5.56 Å². The Morgan fingerprint density at radius 2 is 1.28 bits per heavy atom. The molecule has 148 valence electrons. The molecule has 2 N–H and O–H groups in total. The smallest absolute Gasteiger partial charge is 0.725 e. The molecule has 0 spiro atoms. The SMILES string of the molecule is O=C(c1ccccc1)c1ccccc1OC(O)O.O=S(=O)([O-])OS(=O)(=O)[O-].[Na+].[Na+]. The predicted octanol–water partition coefficient (Wildman–Crippen LogP) is -6.50. The van der Waals surface area contributed by atoms with Crippen LogP contribution in [0.25, 0.3) is 0 Å². The van der Waals surface area contributed by atoms with E-state index >= 15 is 0 Å². The molecule has 0 aliphatic carbocycles. The average Bonchev–Trinajstić information content (AvgIpc) is 2.52. The topological polar surface area (TPSA) is 190 Å². The molecule has 0 aliphatic rings. The minimum absolute atomic E-state index is 0. The Morgan fingerprint density at radius 1 is 0.828 bits per heavy atom. The fourth-order valence-electron chi connectivity index (χ4n) is 1.72. The summed E-state index contributed by atoms with van der Waals surface area (Å²) in [6.07, 6.45) is 0. The minimum Gasteiger partial charge on any atom is -0.725 e. The van der Waals surface area contributed by atoms with Gasteiger partial charge in [-0.25, -0.2) is 16.8 Å². The summed E-state index contributed by atoms with van der Waals surface area (Å²) in [6.45, 7) is -1.95. The zero-order valence-corrected chi connectivity index (χ0v) is 20.8. The summed E-state index contributed by atoms with van der Waals surface area (Å²) in [5.41, 5.74) is 0.803. The number of para-hydroxylation sites is 1. The Balaban J connectivity index is 0. The molecule has 0 bridgehead atoms. The Labute approximate surface area is 211 Å². The molecule has 29 heavy (non-hydrogen) atoms. The van der Waals surface area contributed by atoms with Crippen LogP contribution < -0.4 is 63.9 Å². The molecule has 0 saturated heterocycles. The molecule has 15 heteroatoms. The van der Waals surface area contributed by atoms with Gasteiger partial charge in [0.25, 0.3) is 0 Å². The van der Waals surface area contributed by atoms with Crippen LogP contribution in [0.1, 0.15) is 15.9 Å². The molecule has 0 heterocycles. The number of aliphatic hydroxyl groups is 2. The number of carbonyl (C=O) groups is 1. The predicted molar refractivity (Wildman–Crippen MR) is 85.6 cm³/mol. The Bertz CT molecular complexity index is 948. The van der Waals surface area contributed by atoms with Crippen molar-refractivity contribution in [2.45, 2.75) is 6.48 Å². The van der Waals surface area contributed by atoms with Crippen LogP contribution in [-0.2, 0) is 24.4 Å². The van der Waals surface area contributed by atoms with E-state index < -0.39 is 27.3 Å². The standard InChI is InChI=1S/C14H12O4.2Na.H2O7S2/c15-13(10-6-2-1-3-7-10)11-8-4-5-9-12(11)18-14(16)17;;;1-8(2,3)7-9(4,5)6/h1-9,14,16-17H;;;(H,1,2,3)(H,4,5,6)/q;2*+1;/p-2. The first kappa shape index (κ1) is 30.8. The van der Waals surface area contributed by atoms with Crippen molar-refractivity contribution in [3.63, 3.8) is 0 Å². The van der Waals surface area contributed by atoms with E-state index in [0.717, 1.165) is 0 Å². The van der Waals surface area contributed by atoms with Gasteiger partial charge in [-0.2, -0.15) is 3.63 Å². The van der Waals surface area contributed by atoms with Gasteiger partial charge in [0.15, 0.2) is 5.78 Å². The largest absolute Gasteiger partial charge is 1.00 e. The molecular formula is C14H12Na2O11S2. The molecule has 11 nitrogen and oxygen atoms in total. The number of benzene rings is 2. The maximum Gasteiger partial charge on any atom is 1.00 e. The average molecular weight is 466 g/mol. The number of carbonyl (C=O) groups excluding carboxylic acids is 1. The third-order valence-electron chi connectivity index (χ3n) is 2.57. The van der Waals surface area contributed by atoms with E-state index in [2.05, 4.69) is 3.63 Å². The summed E-state index contributed by atoms with van der Waals surface area (Å²) >= 11 is 0. The van der Waals surface area contributed by atoms with Crippen LogP contribution in [0.2, 0.25) is 0 Å². The normalized spacial score (nSPS) is 10.7.